The lowest BCUT2D eigenvalue weighted by atomic mass is 9.87. The summed E-state index contributed by atoms with van der Waals surface area (Å²) in [6.45, 7) is 0. The molecule has 1 fully saturated rings. The van der Waals surface area contributed by atoms with E-state index < -0.39 is 5.92 Å². The standard InChI is InChI=1S/C9H14F2O/c1-12-7-4-8-2-5-9(10,11)6-3-8/h4,7-8H,2-3,5-6H2,1H3. The van der Waals surface area contributed by atoms with Crippen LogP contribution >= 0.6 is 0 Å². The minimum atomic E-state index is -2.42. The molecule has 1 rings (SSSR count). The first-order chi connectivity index (χ1) is 5.64. The molecule has 0 radical (unpaired) electrons. The number of ether oxygens (including phenoxy) is 1. The minimum Gasteiger partial charge on any atom is -0.505 e. The van der Waals surface area contributed by atoms with Crippen molar-refractivity contribution in [3.05, 3.63) is 12.3 Å². The first kappa shape index (κ1) is 9.49. The molecule has 3 heteroatoms. The highest BCUT2D eigenvalue weighted by atomic mass is 19.3. The second-order valence-electron chi connectivity index (χ2n) is 3.26. The first-order valence-electron chi connectivity index (χ1n) is 4.21. The largest absolute Gasteiger partial charge is 0.505 e. The topological polar surface area (TPSA) is 9.23 Å². The Labute approximate surface area is 71.4 Å². The molecule has 0 aromatic carbocycles. The number of hydrogen-bond donors (Lipinski definition) is 0. The van der Waals surface area contributed by atoms with Gasteiger partial charge in [0.2, 0.25) is 5.92 Å². The average Bonchev–Trinajstić information content (AvgIpc) is 2.03. The van der Waals surface area contributed by atoms with E-state index >= 15 is 0 Å². The van der Waals surface area contributed by atoms with Gasteiger partial charge in [0.25, 0.3) is 0 Å². The molecule has 0 saturated heterocycles. The monoisotopic (exact) mass is 176 g/mol. The summed E-state index contributed by atoms with van der Waals surface area (Å²) in [5, 5.41) is 0. The fourth-order valence-electron chi connectivity index (χ4n) is 1.44. The van der Waals surface area contributed by atoms with Gasteiger partial charge in [-0.2, -0.15) is 0 Å². The van der Waals surface area contributed by atoms with Crippen molar-refractivity contribution in [2.24, 2.45) is 5.92 Å². The molecule has 0 aliphatic heterocycles. The van der Waals surface area contributed by atoms with Crippen LogP contribution in [0, 0.1) is 5.92 Å². The van der Waals surface area contributed by atoms with Crippen molar-refractivity contribution in [3.63, 3.8) is 0 Å². The molecule has 0 N–H and O–H groups in total. The lowest BCUT2D eigenvalue weighted by molar-refractivity contribution is -0.0412. The number of halogens is 2. The van der Waals surface area contributed by atoms with Crippen LogP contribution in [-0.2, 0) is 4.74 Å². The van der Waals surface area contributed by atoms with Crippen molar-refractivity contribution < 1.29 is 13.5 Å². The van der Waals surface area contributed by atoms with Gasteiger partial charge in [-0.25, -0.2) is 8.78 Å². The van der Waals surface area contributed by atoms with Gasteiger partial charge in [-0.3, -0.25) is 0 Å². The number of alkyl halides is 2. The van der Waals surface area contributed by atoms with Crippen LogP contribution < -0.4 is 0 Å². The Balaban J connectivity index is 2.31. The molecule has 12 heavy (non-hydrogen) atoms. The Hall–Kier alpha value is -0.600. The third kappa shape index (κ3) is 2.80. The summed E-state index contributed by atoms with van der Waals surface area (Å²) in [5.74, 6) is -2.14. The number of rotatable bonds is 2. The predicted molar refractivity (Wildman–Crippen MR) is 43.1 cm³/mol. The second-order valence-corrected chi connectivity index (χ2v) is 3.26. The van der Waals surface area contributed by atoms with Crippen LogP contribution in [0.5, 0.6) is 0 Å². The fraction of sp³-hybridized carbons (Fsp3) is 0.778. The maximum Gasteiger partial charge on any atom is 0.248 e. The van der Waals surface area contributed by atoms with Crippen molar-refractivity contribution in [1.82, 2.24) is 0 Å². The zero-order valence-corrected chi connectivity index (χ0v) is 7.22. The Kier molecular flexibility index (Phi) is 3.06. The summed E-state index contributed by atoms with van der Waals surface area (Å²) in [5.41, 5.74) is 0. The summed E-state index contributed by atoms with van der Waals surface area (Å²) >= 11 is 0. The van der Waals surface area contributed by atoms with E-state index in [0.717, 1.165) is 0 Å². The van der Waals surface area contributed by atoms with Gasteiger partial charge in [0.15, 0.2) is 0 Å². The van der Waals surface area contributed by atoms with Gasteiger partial charge in [-0.15, -0.1) is 0 Å². The molecular weight excluding hydrogens is 162 g/mol. The molecule has 0 aromatic rings. The smallest absolute Gasteiger partial charge is 0.248 e. The highest BCUT2D eigenvalue weighted by Gasteiger charge is 2.33. The molecule has 0 aromatic heterocycles. The molecule has 0 atom stereocenters. The van der Waals surface area contributed by atoms with E-state index in [1.54, 1.807) is 13.4 Å². The van der Waals surface area contributed by atoms with Crippen LogP contribution in [0.4, 0.5) is 8.78 Å². The van der Waals surface area contributed by atoms with Crippen LogP contribution in [0.2, 0.25) is 0 Å². The number of allylic oxidation sites excluding steroid dienone is 1. The molecule has 0 unspecified atom stereocenters. The molecular formula is C9H14F2O. The Morgan fingerprint density at radius 2 is 1.92 bits per heavy atom. The quantitative estimate of drug-likeness (QED) is 0.588. The molecule has 0 spiro atoms. The van der Waals surface area contributed by atoms with E-state index in [9.17, 15) is 8.78 Å². The van der Waals surface area contributed by atoms with Crippen molar-refractivity contribution >= 4 is 0 Å². The third-order valence-electron chi connectivity index (χ3n) is 2.25. The lowest BCUT2D eigenvalue weighted by Gasteiger charge is -2.25. The zero-order valence-electron chi connectivity index (χ0n) is 7.22. The Morgan fingerprint density at radius 1 is 1.33 bits per heavy atom. The van der Waals surface area contributed by atoms with Gasteiger partial charge >= 0.3 is 0 Å². The van der Waals surface area contributed by atoms with Gasteiger partial charge in [0, 0.05) is 12.8 Å². The molecule has 1 aliphatic rings. The molecule has 1 aliphatic carbocycles. The van der Waals surface area contributed by atoms with Crippen molar-refractivity contribution in [2.45, 2.75) is 31.6 Å². The molecule has 0 amide bonds. The second kappa shape index (κ2) is 3.87. The van der Waals surface area contributed by atoms with Gasteiger partial charge in [-0.05, 0) is 24.8 Å². The van der Waals surface area contributed by atoms with Crippen LogP contribution in [0.15, 0.2) is 12.3 Å². The Bertz CT molecular complexity index is 156. The first-order valence-corrected chi connectivity index (χ1v) is 4.21. The SMILES string of the molecule is COC=CC1CCC(F)(F)CC1. The number of methoxy groups -OCH3 is 1. The van der Waals surface area contributed by atoms with Crippen LogP contribution in [0.1, 0.15) is 25.7 Å². The lowest BCUT2D eigenvalue weighted by Crippen LogP contribution is -2.23. The van der Waals surface area contributed by atoms with Crippen molar-refractivity contribution in [1.29, 1.82) is 0 Å². The van der Waals surface area contributed by atoms with E-state index in [4.69, 9.17) is 4.74 Å². The summed E-state index contributed by atoms with van der Waals surface area (Å²) in [7, 11) is 1.56. The molecule has 0 heterocycles. The summed E-state index contributed by atoms with van der Waals surface area (Å²) in [6, 6.07) is 0. The highest BCUT2D eigenvalue weighted by molar-refractivity contribution is 4.89. The van der Waals surface area contributed by atoms with E-state index in [2.05, 4.69) is 0 Å². The summed E-state index contributed by atoms with van der Waals surface area (Å²) < 4.78 is 30.0. The maximum atomic E-state index is 12.6. The van der Waals surface area contributed by atoms with Crippen LogP contribution in [-0.4, -0.2) is 13.0 Å². The van der Waals surface area contributed by atoms with Gasteiger partial charge in [-0.1, -0.05) is 0 Å². The fourth-order valence-corrected chi connectivity index (χ4v) is 1.44. The van der Waals surface area contributed by atoms with E-state index in [1.165, 1.54) is 0 Å². The van der Waals surface area contributed by atoms with Gasteiger partial charge in [0.1, 0.15) is 0 Å². The maximum absolute atomic E-state index is 12.6. The molecule has 1 saturated carbocycles. The minimum absolute atomic E-state index is 0.0196. The number of hydrogen-bond acceptors (Lipinski definition) is 1. The summed E-state index contributed by atoms with van der Waals surface area (Å²) in [4.78, 5) is 0. The van der Waals surface area contributed by atoms with E-state index in [-0.39, 0.29) is 18.8 Å². The highest BCUT2D eigenvalue weighted by Crippen LogP contribution is 2.36. The third-order valence-corrected chi connectivity index (χ3v) is 2.25. The molecule has 1 nitrogen and oxygen atoms in total. The predicted octanol–water partition coefficient (Wildman–Crippen LogP) is 2.97. The van der Waals surface area contributed by atoms with E-state index in [1.807, 2.05) is 6.08 Å². The average molecular weight is 176 g/mol. The van der Waals surface area contributed by atoms with Gasteiger partial charge < -0.3 is 4.74 Å². The zero-order chi connectivity index (χ0) is 9.03. The Morgan fingerprint density at radius 3 is 2.42 bits per heavy atom. The van der Waals surface area contributed by atoms with E-state index in [0.29, 0.717) is 12.8 Å². The van der Waals surface area contributed by atoms with Crippen molar-refractivity contribution in [3.8, 4) is 0 Å². The van der Waals surface area contributed by atoms with Crippen molar-refractivity contribution in [2.75, 3.05) is 7.11 Å². The van der Waals surface area contributed by atoms with Gasteiger partial charge in [0.05, 0.1) is 13.4 Å². The van der Waals surface area contributed by atoms with Crippen LogP contribution in [0.3, 0.4) is 0 Å². The molecule has 70 valence electrons. The summed E-state index contributed by atoms with van der Waals surface area (Å²) in [6.07, 6.45) is 4.64. The normalized spacial score (nSPS) is 24.6. The van der Waals surface area contributed by atoms with Crippen LogP contribution in [0.25, 0.3) is 0 Å². The molecule has 0 bridgehead atoms.